The van der Waals surface area contributed by atoms with Gasteiger partial charge in [-0.05, 0) is 55.7 Å². The Balaban J connectivity index is 1.73. The van der Waals surface area contributed by atoms with Crippen molar-refractivity contribution in [2.45, 2.75) is 33.3 Å². The van der Waals surface area contributed by atoms with Crippen molar-refractivity contribution in [3.05, 3.63) is 53.6 Å². The molecule has 0 saturated heterocycles. The molecule has 1 N–H and O–H groups in total. The van der Waals surface area contributed by atoms with Crippen LogP contribution in [-0.2, 0) is 9.59 Å². The van der Waals surface area contributed by atoms with E-state index in [2.05, 4.69) is 5.32 Å². The maximum Gasteiger partial charge on any atom is 0.265 e. The molecule has 0 unspecified atom stereocenters. The molecule has 2 amide bonds. The molecule has 2 aromatic carbocycles. The first-order chi connectivity index (χ1) is 13.5. The molecule has 1 aliphatic rings. The van der Waals surface area contributed by atoms with Crippen LogP contribution in [0.4, 0.5) is 5.69 Å². The van der Waals surface area contributed by atoms with Crippen molar-refractivity contribution in [1.29, 1.82) is 0 Å². The minimum atomic E-state index is -0.744. The lowest BCUT2D eigenvalue weighted by Crippen LogP contribution is -2.51. The number of nitrogens with zero attached hydrogens (tertiary/aromatic N) is 1. The molecule has 0 spiro atoms. The van der Waals surface area contributed by atoms with Crippen LogP contribution in [0.1, 0.15) is 24.5 Å². The lowest BCUT2D eigenvalue weighted by atomic mass is 10.1. The molecular weight excluding hydrogens is 356 g/mol. The minimum absolute atomic E-state index is 0.111. The molecular formula is C22H26N2O4. The fourth-order valence-electron chi connectivity index (χ4n) is 3.00. The van der Waals surface area contributed by atoms with Crippen LogP contribution in [0.3, 0.4) is 0 Å². The lowest BCUT2D eigenvalue weighted by molar-refractivity contribution is -0.128. The predicted molar refractivity (Wildman–Crippen MR) is 108 cm³/mol. The van der Waals surface area contributed by atoms with Crippen LogP contribution in [0, 0.1) is 13.8 Å². The van der Waals surface area contributed by atoms with Gasteiger partial charge in [0.05, 0.1) is 12.2 Å². The van der Waals surface area contributed by atoms with E-state index in [1.807, 2.05) is 57.2 Å². The molecule has 2 aromatic rings. The molecule has 0 fully saturated rings. The van der Waals surface area contributed by atoms with E-state index < -0.39 is 6.10 Å². The number of carbonyl (C=O) groups excluding carboxylic acids is 2. The second-order valence-electron chi connectivity index (χ2n) is 6.90. The summed E-state index contributed by atoms with van der Waals surface area (Å²) in [5.74, 6) is 0.728. The van der Waals surface area contributed by atoms with Crippen LogP contribution >= 0.6 is 0 Å². The number of hydrogen-bond acceptors (Lipinski definition) is 4. The van der Waals surface area contributed by atoms with Crippen LogP contribution in [0.2, 0.25) is 0 Å². The van der Waals surface area contributed by atoms with Gasteiger partial charge in [-0.2, -0.15) is 0 Å². The van der Waals surface area contributed by atoms with E-state index in [0.29, 0.717) is 23.7 Å². The Bertz CT molecular complexity index is 865. The van der Waals surface area contributed by atoms with Crippen molar-refractivity contribution in [1.82, 2.24) is 5.32 Å². The van der Waals surface area contributed by atoms with Gasteiger partial charge in [-0.15, -0.1) is 0 Å². The quantitative estimate of drug-likeness (QED) is 0.834. The molecule has 0 aromatic heterocycles. The lowest BCUT2D eigenvalue weighted by Gasteiger charge is -2.34. The predicted octanol–water partition coefficient (Wildman–Crippen LogP) is 3.00. The van der Waals surface area contributed by atoms with Crippen molar-refractivity contribution in [3.63, 3.8) is 0 Å². The summed E-state index contributed by atoms with van der Waals surface area (Å²) in [7, 11) is 0. The van der Waals surface area contributed by atoms with Crippen molar-refractivity contribution >= 4 is 17.5 Å². The highest BCUT2D eigenvalue weighted by Crippen LogP contribution is 2.33. The van der Waals surface area contributed by atoms with E-state index in [4.69, 9.17) is 9.47 Å². The van der Waals surface area contributed by atoms with Gasteiger partial charge in [0.2, 0.25) is 0 Å². The van der Waals surface area contributed by atoms with Gasteiger partial charge in [0.15, 0.2) is 12.7 Å². The highest BCUT2D eigenvalue weighted by Gasteiger charge is 2.33. The molecule has 0 saturated carbocycles. The number of hydrogen-bond donors (Lipinski definition) is 1. The number of ether oxygens (including phenoxy) is 2. The number of para-hydroxylation sites is 2. The fourth-order valence-corrected chi connectivity index (χ4v) is 3.00. The van der Waals surface area contributed by atoms with E-state index in [1.54, 1.807) is 11.0 Å². The minimum Gasteiger partial charge on any atom is -0.484 e. The maximum absolute atomic E-state index is 12.9. The smallest absolute Gasteiger partial charge is 0.265 e. The van der Waals surface area contributed by atoms with Crippen molar-refractivity contribution < 1.29 is 19.1 Å². The second kappa shape index (κ2) is 8.78. The zero-order valence-corrected chi connectivity index (χ0v) is 16.5. The first kappa shape index (κ1) is 19.7. The molecule has 3 rings (SSSR count). The van der Waals surface area contributed by atoms with Crippen LogP contribution in [0.5, 0.6) is 11.5 Å². The fraction of sp³-hybridized carbons (Fsp3) is 0.364. The normalized spacial score (nSPS) is 15.4. The summed E-state index contributed by atoms with van der Waals surface area (Å²) in [5.41, 5.74) is 2.92. The SMILES string of the molecule is CCCNC(=O)[C@@H]1CN(C(=O)COc2ccc(C)c(C)c2)c2ccccc2O1. The first-order valence-corrected chi connectivity index (χ1v) is 9.53. The van der Waals surface area contributed by atoms with Crippen molar-refractivity contribution in [2.75, 3.05) is 24.6 Å². The number of nitrogens with one attached hydrogen (secondary N) is 1. The van der Waals surface area contributed by atoms with E-state index in [1.165, 1.54) is 5.56 Å². The number of anilines is 1. The molecule has 0 bridgehead atoms. The Kier molecular flexibility index (Phi) is 6.19. The summed E-state index contributed by atoms with van der Waals surface area (Å²) < 4.78 is 11.5. The topological polar surface area (TPSA) is 67.9 Å². The zero-order chi connectivity index (χ0) is 20.1. The summed E-state index contributed by atoms with van der Waals surface area (Å²) in [6.45, 7) is 6.63. The highest BCUT2D eigenvalue weighted by atomic mass is 16.5. The van der Waals surface area contributed by atoms with Gasteiger partial charge in [0, 0.05) is 6.54 Å². The molecule has 28 heavy (non-hydrogen) atoms. The number of aryl methyl sites for hydroxylation is 2. The van der Waals surface area contributed by atoms with Crippen LogP contribution < -0.4 is 19.7 Å². The van der Waals surface area contributed by atoms with Crippen LogP contribution in [0.15, 0.2) is 42.5 Å². The zero-order valence-electron chi connectivity index (χ0n) is 16.5. The average Bonchev–Trinajstić information content (AvgIpc) is 2.71. The monoisotopic (exact) mass is 382 g/mol. The number of benzene rings is 2. The van der Waals surface area contributed by atoms with Gasteiger partial charge in [-0.1, -0.05) is 25.1 Å². The number of fused-ring (bicyclic) bond motifs is 1. The molecule has 0 aliphatic carbocycles. The molecule has 1 atom stereocenters. The largest absolute Gasteiger partial charge is 0.484 e. The van der Waals surface area contributed by atoms with E-state index in [0.717, 1.165) is 12.0 Å². The third-order valence-electron chi connectivity index (χ3n) is 4.76. The Morgan fingerprint density at radius 3 is 2.71 bits per heavy atom. The third kappa shape index (κ3) is 4.44. The average molecular weight is 382 g/mol. The Morgan fingerprint density at radius 2 is 1.96 bits per heavy atom. The molecule has 0 radical (unpaired) electrons. The molecule has 148 valence electrons. The highest BCUT2D eigenvalue weighted by molar-refractivity contribution is 5.98. The molecule has 6 nitrogen and oxygen atoms in total. The summed E-state index contributed by atoms with van der Waals surface area (Å²) in [6.07, 6.45) is 0.0913. The molecule has 1 aliphatic heterocycles. The van der Waals surface area contributed by atoms with Gasteiger partial charge in [-0.3, -0.25) is 9.59 Å². The van der Waals surface area contributed by atoms with Crippen molar-refractivity contribution in [3.8, 4) is 11.5 Å². The van der Waals surface area contributed by atoms with Gasteiger partial charge < -0.3 is 19.7 Å². The summed E-state index contributed by atoms with van der Waals surface area (Å²) in [6, 6.07) is 13.0. The Hall–Kier alpha value is -3.02. The summed E-state index contributed by atoms with van der Waals surface area (Å²) in [5, 5.41) is 2.83. The maximum atomic E-state index is 12.9. The molecule has 1 heterocycles. The Labute approximate surface area is 165 Å². The Morgan fingerprint density at radius 1 is 1.18 bits per heavy atom. The van der Waals surface area contributed by atoms with Gasteiger partial charge in [-0.25, -0.2) is 0 Å². The second-order valence-corrected chi connectivity index (χ2v) is 6.90. The summed E-state index contributed by atoms with van der Waals surface area (Å²) in [4.78, 5) is 26.8. The first-order valence-electron chi connectivity index (χ1n) is 9.53. The third-order valence-corrected chi connectivity index (χ3v) is 4.76. The number of rotatable bonds is 6. The van der Waals surface area contributed by atoms with Gasteiger partial charge in [0.1, 0.15) is 11.5 Å². The number of carbonyl (C=O) groups is 2. The van der Waals surface area contributed by atoms with E-state index in [-0.39, 0.29) is 25.0 Å². The van der Waals surface area contributed by atoms with Crippen LogP contribution in [-0.4, -0.2) is 37.6 Å². The van der Waals surface area contributed by atoms with Crippen molar-refractivity contribution in [2.24, 2.45) is 0 Å². The van der Waals surface area contributed by atoms with E-state index >= 15 is 0 Å². The standard InChI is InChI=1S/C22H26N2O4/c1-4-11-23-22(26)20-13-24(18-7-5-6-8-19(18)28-20)21(25)14-27-17-10-9-15(2)16(3)12-17/h5-10,12,20H,4,11,13-14H2,1-3H3,(H,23,26)/t20-/m0/s1. The summed E-state index contributed by atoms with van der Waals surface area (Å²) >= 11 is 0. The molecule has 6 heteroatoms. The number of amides is 2. The van der Waals surface area contributed by atoms with Gasteiger partial charge >= 0.3 is 0 Å². The van der Waals surface area contributed by atoms with E-state index in [9.17, 15) is 9.59 Å². The van der Waals surface area contributed by atoms with Gasteiger partial charge in [0.25, 0.3) is 11.8 Å². The van der Waals surface area contributed by atoms with Crippen LogP contribution in [0.25, 0.3) is 0 Å².